The van der Waals surface area contributed by atoms with E-state index in [0.717, 1.165) is 39.0 Å². The number of benzene rings is 1. The Bertz CT molecular complexity index is 530. The van der Waals surface area contributed by atoms with E-state index in [1.165, 1.54) is 11.1 Å². The number of carbonyl (C=O) groups excluding carboxylic acids is 1. The van der Waals surface area contributed by atoms with Crippen LogP contribution in [-0.2, 0) is 16.8 Å². The van der Waals surface area contributed by atoms with Crippen molar-refractivity contribution in [2.75, 3.05) is 26.7 Å². The van der Waals surface area contributed by atoms with Gasteiger partial charge in [-0.3, -0.25) is 4.79 Å². The molecule has 1 aromatic rings. The van der Waals surface area contributed by atoms with E-state index >= 15 is 0 Å². The molecule has 3 nitrogen and oxygen atoms in total. The fourth-order valence-corrected chi connectivity index (χ4v) is 3.88. The maximum Gasteiger partial charge on any atom is 0.225 e. The van der Waals surface area contributed by atoms with Crippen molar-refractivity contribution in [1.29, 1.82) is 0 Å². The number of carbonyl (C=O) groups is 1. The summed E-state index contributed by atoms with van der Waals surface area (Å²) in [5, 5.41) is 0. The molecule has 21 heavy (non-hydrogen) atoms. The van der Waals surface area contributed by atoms with Crippen LogP contribution in [0.5, 0.6) is 0 Å². The predicted molar refractivity (Wildman–Crippen MR) is 85.1 cm³/mol. The molecule has 1 aromatic carbocycles. The van der Waals surface area contributed by atoms with Crippen LogP contribution in [0.25, 0.3) is 0 Å². The minimum Gasteiger partial charge on any atom is -0.337 e. The van der Waals surface area contributed by atoms with E-state index in [4.69, 9.17) is 0 Å². The molecule has 0 unspecified atom stereocenters. The number of hydrogen-bond acceptors (Lipinski definition) is 2. The first kappa shape index (κ1) is 14.6. The molecule has 3 heteroatoms. The fourth-order valence-electron chi connectivity index (χ4n) is 3.88. The molecule has 1 spiro atoms. The molecule has 3 rings (SSSR count). The Balaban J connectivity index is 1.96. The van der Waals surface area contributed by atoms with Crippen LogP contribution in [0.1, 0.15) is 37.8 Å². The lowest BCUT2D eigenvalue weighted by atomic mass is 9.69. The van der Waals surface area contributed by atoms with E-state index in [9.17, 15) is 4.79 Å². The van der Waals surface area contributed by atoms with Crippen LogP contribution in [0.2, 0.25) is 0 Å². The molecule has 2 aliphatic rings. The van der Waals surface area contributed by atoms with Gasteiger partial charge in [-0.25, -0.2) is 0 Å². The van der Waals surface area contributed by atoms with Gasteiger partial charge in [0.1, 0.15) is 0 Å². The Labute approximate surface area is 127 Å². The van der Waals surface area contributed by atoms with Crippen LogP contribution in [0.3, 0.4) is 0 Å². The van der Waals surface area contributed by atoms with Crippen LogP contribution < -0.4 is 0 Å². The fraction of sp³-hybridized carbons (Fsp3) is 0.611. The van der Waals surface area contributed by atoms with Crippen LogP contribution in [0.15, 0.2) is 24.3 Å². The third kappa shape index (κ3) is 2.59. The van der Waals surface area contributed by atoms with Gasteiger partial charge in [-0.2, -0.15) is 0 Å². The minimum absolute atomic E-state index is 0.0820. The van der Waals surface area contributed by atoms with Gasteiger partial charge in [0, 0.05) is 24.4 Å². The first-order chi connectivity index (χ1) is 10.0. The molecule has 0 aromatic heterocycles. The maximum atomic E-state index is 12.5. The highest BCUT2D eigenvalue weighted by molar-refractivity contribution is 5.78. The van der Waals surface area contributed by atoms with Crippen molar-refractivity contribution in [3.05, 3.63) is 35.4 Å². The molecular formula is C18H26N2O. The van der Waals surface area contributed by atoms with E-state index in [2.05, 4.69) is 41.1 Å². The van der Waals surface area contributed by atoms with E-state index in [-0.39, 0.29) is 11.3 Å². The van der Waals surface area contributed by atoms with Gasteiger partial charge in [-0.1, -0.05) is 38.1 Å². The van der Waals surface area contributed by atoms with Gasteiger partial charge in [0.05, 0.1) is 0 Å². The topological polar surface area (TPSA) is 23.6 Å². The van der Waals surface area contributed by atoms with Crippen molar-refractivity contribution < 1.29 is 4.79 Å². The smallest absolute Gasteiger partial charge is 0.225 e. The lowest BCUT2D eigenvalue weighted by Gasteiger charge is -2.48. The van der Waals surface area contributed by atoms with Gasteiger partial charge in [0.2, 0.25) is 5.91 Å². The highest BCUT2D eigenvalue weighted by atomic mass is 16.2. The molecule has 2 heterocycles. The Morgan fingerprint density at radius 3 is 2.52 bits per heavy atom. The Morgan fingerprint density at radius 1 is 1.19 bits per heavy atom. The zero-order valence-corrected chi connectivity index (χ0v) is 13.4. The summed E-state index contributed by atoms with van der Waals surface area (Å²) >= 11 is 0. The van der Waals surface area contributed by atoms with Gasteiger partial charge in [0.15, 0.2) is 0 Å². The Morgan fingerprint density at radius 2 is 1.86 bits per heavy atom. The summed E-state index contributed by atoms with van der Waals surface area (Å²) in [6.45, 7) is 7.93. The van der Waals surface area contributed by atoms with E-state index < -0.39 is 0 Å². The van der Waals surface area contributed by atoms with Crippen molar-refractivity contribution in [1.82, 2.24) is 9.80 Å². The van der Waals surface area contributed by atoms with Gasteiger partial charge >= 0.3 is 0 Å². The van der Waals surface area contributed by atoms with Gasteiger partial charge in [0.25, 0.3) is 0 Å². The minimum atomic E-state index is 0.0820. The largest absolute Gasteiger partial charge is 0.337 e. The summed E-state index contributed by atoms with van der Waals surface area (Å²) in [7, 11) is 2.19. The van der Waals surface area contributed by atoms with Crippen molar-refractivity contribution in [2.45, 2.75) is 38.6 Å². The molecular weight excluding hydrogens is 260 g/mol. The number of rotatable bonds is 1. The van der Waals surface area contributed by atoms with Crippen LogP contribution in [0.4, 0.5) is 0 Å². The zero-order chi connectivity index (χ0) is 15.0. The lowest BCUT2D eigenvalue weighted by molar-refractivity contribution is -0.137. The molecule has 0 bridgehead atoms. The number of likely N-dealkylation sites (tertiary alicyclic amines) is 1. The molecule has 0 saturated carbocycles. The van der Waals surface area contributed by atoms with Crippen LogP contribution >= 0.6 is 0 Å². The second-order valence-electron chi connectivity index (χ2n) is 7.09. The average molecular weight is 286 g/mol. The van der Waals surface area contributed by atoms with Crippen molar-refractivity contribution >= 4 is 5.91 Å². The summed E-state index contributed by atoms with van der Waals surface area (Å²) < 4.78 is 0. The zero-order valence-electron chi connectivity index (χ0n) is 13.4. The molecule has 0 aliphatic carbocycles. The lowest BCUT2D eigenvalue weighted by Crippen LogP contribution is -2.53. The molecule has 0 atom stereocenters. The Hall–Kier alpha value is -1.35. The van der Waals surface area contributed by atoms with E-state index in [1.807, 2.05) is 13.8 Å². The second kappa shape index (κ2) is 5.45. The monoisotopic (exact) mass is 286 g/mol. The summed E-state index contributed by atoms with van der Waals surface area (Å²) in [5.41, 5.74) is 3.01. The molecule has 1 saturated heterocycles. The highest BCUT2D eigenvalue weighted by Gasteiger charge is 2.42. The third-order valence-corrected chi connectivity index (χ3v) is 5.19. The standard InChI is InChI=1S/C18H26N2O/c1-14(2)17(21)20-12-15-6-4-5-7-16(15)18(13-20)8-10-19(3)11-9-18/h4-7,14H,8-13H2,1-3H3. The Kier molecular flexibility index (Phi) is 3.78. The number of nitrogens with zero attached hydrogens (tertiary/aromatic N) is 2. The SMILES string of the molecule is CC(C)C(=O)N1Cc2ccccc2C2(CCN(C)CC2)C1. The maximum absolute atomic E-state index is 12.5. The molecule has 0 radical (unpaired) electrons. The summed E-state index contributed by atoms with van der Waals surface area (Å²) in [6, 6.07) is 8.75. The molecule has 1 amide bonds. The second-order valence-corrected chi connectivity index (χ2v) is 7.09. The average Bonchev–Trinajstić information content (AvgIpc) is 2.49. The van der Waals surface area contributed by atoms with E-state index in [1.54, 1.807) is 0 Å². The van der Waals surface area contributed by atoms with Crippen molar-refractivity contribution in [2.24, 2.45) is 5.92 Å². The molecule has 1 fully saturated rings. The van der Waals surface area contributed by atoms with Crippen molar-refractivity contribution in [3.63, 3.8) is 0 Å². The number of amides is 1. The summed E-state index contributed by atoms with van der Waals surface area (Å²) in [5.74, 6) is 0.376. The van der Waals surface area contributed by atoms with Crippen LogP contribution in [-0.4, -0.2) is 42.4 Å². The summed E-state index contributed by atoms with van der Waals surface area (Å²) in [4.78, 5) is 17.0. The molecule has 0 N–H and O–H groups in total. The predicted octanol–water partition coefficient (Wildman–Crippen LogP) is 2.65. The van der Waals surface area contributed by atoms with Gasteiger partial charge < -0.3 is 9.80 Å². The number of piperidine rings is 1. The summed E-state index contributed by atoms with van der Waals surface area (Å²) in [6.07, 6.45) is 2.31. The first-order valence-electron chi connectivity index (χ1n) is 8.07. The molecule has 2 aliphatic heterocycles. The van der Waals surface area contributed by atoms with Gasteiger partial charge in [-0.15, -0.1) is 0 Å². The normalized spacial score (nSPS) is 21.6. The number of hydrogen-bond donors (Lipinski definition) is 0. The van der Waals surface area contributed by atoms with Crippen LogP contribution in [0, 0.1) is 5.92 Å². The quantitative estimate of drug-likeness (QED) is 0.792. The van der Waals surface area contributed by atoms with Crippen molar-refractivity contribution in [3.8, 4) is 0 Å². The number of fused-ring (bicyclic) bond motifs is 2. The third-order valence-electron chi connectivity index (χ3n) is 5.19. The molecule has 114 valence electrons. The highest BCUT2D eigenvalue weighted by Crippen LogP contribution is 2.41. The van der Waals surface area contributed by atoms with E-state index in [0.29, 0.717) is 5.91 Å². The first-order valence-corrected chi connectivity index (χ1v) is 8.07. The van der Waals surface area contributed by atoms with Gasteiger partial charge in [-0.05, 0) is 44.1 Å².